The molecule has 9 heteroatoms. The number of hydrogen-bond donors (Lipinski definition) is 4. The van der Waals surface area contributed by atoms with E-state index in [1.807, 2.05) is 12.1 Å². The van der Waals surface area contributed by atoms with Gasteiger partial charge < -0.3 is 21.7 Å². The molecule has 2 amide bonds. The topological polar surface area (TPSA) is 122 Å². The minimum Gasteiger partial charge on any atom is -0.369 e. The number of nitrogens with two attached hydrogens (primary N) is 1. The third-order valence-electron chi connectivity index (χ3n) is 6.47. The van der Waals surface area contributed by atoms with Gasteiger partial charge in [0, 0.05) is 12.0 Å². The van der Waals surface area contributed by atoms with Gasteiger partial charge in [-0.15, -0.1) is 0 Å². The Balaban J connectivity index is 1.53. The van der Waals surface area contributed by atoms with Crippen molar-refractivity contribution in [3.05, 3.63) is 47.6 Å². The SMILES string of the molecule is C=CC(=O)Nc1cc(C2CCC2)ccc1Nc1nc(N[C@@H]2CCC[C@H](C(N)=O)C2)ncc1Cl. The van der Waals surface area contributed by atoms with Gasteiger partial charge in [0.05, 0.1) is 17.6 Å². The largest absolute Gasteiger partial charge is 0.369 e. The fraction of sp³-hybridized carbons (Fsp3) is 0.417. The summed E-state index contributed by atoms with van der Waals surface area (Å²) in [5.41, 5.74) is 8.01. The van der Waals surface area contributed by atoms with E-state index in [1.54, 1.807) is 0 Å². The van der Waals surface area contributed by atoms with Crippen LogP contribution in [0.5, 0.6) is 0 Å². The van der Waals surface area contributed by atoms with Crippen molar-refractivity contribution in [1.82, 2.24) is 9.97 Å². The molecule has 0 spiro atoms. The van der Waals surface area contributed by atoms with E-state index in [1.165, 1.54) is 24.3 Å². The van der Waals surface area contributed by atoms with Crippen molar-refractivity contribution in [2.45, 2.75) is 56.9 Å². The molecule has 0 radical (unpaired) electrons. The van der Waals surface area contributed by atoms with Gasteiger partial charge >= 0.3 is 0 Å². The van der Waals surface area contributed by atoms with Crippen LogP contribution in [0.15, 0.2) is 37.1 Å². The molecule has 8 nitrogen and oxygen atoms in total. The minimum atomic E-state index is -0.291. The van der Waals surface area contributed by atoms with Crippen molar-refractivity contribution in [2.24, 2.45) is 11.7 Å². The lowest BCUT2D eigenvalue weighted by atomic mass is 9.80. The van der Waals surface area contributed by atoms with E-state index < -0.39 is 0 Å². The second-order valence-electron chi connectivity index (χ2n) is 8.75. The van der Waals surface area contributed by atoms with Gasteiger partial charge in [0.25, 0.3) is 0 Å². The van der Waals surface area contributed by atoms with Gasteiger partial charge in [-0.1, -0.05) is 37.1 Å². The molecule has 1 aromatic heterocycles. The van der Waals surface area contributed by atoms with Crippen LogP contribution >= 0.6 is 11.6 Å². The second-order valence-corrected chi connectivity index (χ2v) is 9.16. The van der Waals surface area contributed by atoms with Gasteiger partial charge in [-0.3, -0.25) is 9.59 Å². The number of nitrogens with one attached hydrogen (secondary N) is 3. The summed E-state index contributed by atoms with van der Waals surface area (Å²) in [5, 5.41) is 9.76. The first kappa shape index (κ1) is 23.0. The number of primary amides is 1. The van der Waals surface area contributed by atoms with Crippen molar-refractivity contribution in [3.8, 4) is 0 Å². The molecule has 0 bridgehead atoms. The van der Waals surface area contributed by atoms with Gasteiger partial charge in [-0.05, 0) is 61.8 Å². The molecule has 1 aromatic carbocycles. The highest BCUT2D eigenvalue weighted by molar-refractivity contribution is 6.33. The minimum absolute atomic E-state index is 0.0643. The zero-order chi connectivity index (χ0) is 23.4. The zero-order valence-corrected chi connectivity index (χ0v) is 19.2. The highest BCUT2D eigenvalue weighted by Gasteiger charge is 2.26. The number of amides is 2. The van der Waals surface area contributed by atoms with Gasteiger partial charge in [-0.2, -0.15) is 4.98 Å². The molecule has 33 heavy (non-hydrogen) atoms. The number of hydrogen-bond acceptors (Lipinski definition) is 6. The third kappa shape index (κ3) is 5.63. The molecule has 0 saturated heterocycles. The maximum absolute atomic E-state index is 12.0. The average molecular weight is 469 g/mol. The molecule has 2 atom stereocenters. The van der Waals surface area contributed by atoms with Crippen molar-refractivity contribution in [3.63, 3.8) is 0 Å². The first-order chi connectivity index (χ1) is 15.9. The molecule has 1 heterocycles. The number of halogens is 1. The summed E-state index contributed by atoms with van der Waals surface area (Å²) in [4.78, 5) is 32.4. The summed E-state index contributed by atoms with van der Waals surface area (Å²) in [6.45, 7) is 3.54. The normalized spacial score (nSPS) is 20.4. The fourth-order valence-electron chi connectivity index (χ4n) is 4.37. The van der Waals surface area contributed by atoms with Crippen LogP contribution in [0.3, 0.4) is 0 Å². The summed E-state index contributed by atoms with van der Waals surface area (Å²) >= 11 is 6.37. The lowest BCUT2D eigenvalue weighted by Crippen LogP contribution is -2.34. The van der Waals surface area contributed by atoms with E-state index in [2.05, 4.69) is 38.6 Å². The van der Waals surface area contributed by atoms with Crippen LogP contribution in [0.25, 0.3) is 0 Å². The van der Waals surface area contributed by atoms with Crippen LogP contribution in [-0.2, 0) is 9.59 Å². The molecule has 5 N–H and O–H groups in total. The Kier molecular flexibility index (Phi) is 7.13. The quantitative estimate of drug-likeness (QED) is 0.416. The second kappa shape index (κ2) is 10.2. The third-order valence-corrected chi connectivity index (χ3v) is 6.75. The number of aromatic nitrogens is 2. The first-order valence-corrected chi connectivity index (χ1v) is 11.7. The van der Waals surface area contributed by atoms with Crippen molar-refractivity contribution in [2.75, 3.05) is 16.0 Å². The standard InChI is InChI=1S/C24H29ClN6O2/c1-2-21(32)29-20-12-15(14-5-3-6-14)9-10-19(20)30-23-18(25)13-27-24(31-23)28-17-8-4-7-16(11-17)22(26)33/h2,9-10,12-14,16-17H,1,3-8,11H2,(H2,26,33)(H,29,32)(H2,27,28,30,31)/t16-,17+/m0/s1. The lowest BCUT2D eigenvalue weighted by molar-refractivity contribution is -0.122. The zero-order valence-electron chi connectivity index (χ0n) is 18.4. The maximum atomic E-state index is 12.0. The summed E-state index contributed by atoms with van der Waals surface area (Å²) in [6.07, 6.45) is 9.62. The number of carbonyl (C=O) groups excluding carboxylic acids is 2. The molecule has 2 aromatic rings. The number of carbonyl (C=O) groups is 2. The van der Waals surface area contributed by atoms with E-state index in [9.17, 15) is 9.59 Å². The Labute approximate surface area is 198 Å². The summed E-state index contributed by atoms with van der Waals surface area (Å²) in [7, 11) is 0. The van der Waals surface area contributed by atoms with Gasteiger partial charge in [0.15, 0.2) is 5.82 Å². The van der Waals surface area contributed by atoms with E-state index in [0.717, 1.165) is 32.1 Å². The van der Waals surface area contributed by atoms with Crippen molar-refractivity contribution >= 4 is 46.6 Å². The van der Waals surface area contributed by atoms with Gasteiger partial charge in [-0.25, -0.2) is 4.98 Å². The Hall–Kier alpha value is -3.13. The number of nitrogens with zero attached hydrogens (tertiary/aromatic N) is 2. The molecule has 2 saturated carbocycles. The monoisotopic (exact) mass is 468 g/mol. The molecular weight excluding hydrogens is 440 g/mol. The maximum Gasteiger partial charge on any atom is 0.247 e. The van der Waals surface area contributed by atoms with Crippen LogP contribution in [0.4, 0.5) is 23.1 Å². The van der Waals surface area contributed by atoms with Crippen LogP contribution in [0, 0.1) is 5.92 Å². The molecular formula is C24H29ClN6O2. The lowest BCUT2D eigenvalue weighted by Gasteiger charge is -2.28. The van der Waals surface area contributed by atoms with Crippen LogP contribution in [-0.4, -0.2) is 27.8 Å². The Morgan fingerprint density at radius 1 is 1.15 bits per heavy atom. The molecule has 0 aliphatic heterocycles. The molecule has 0 unspecified atom stereocenters. The predicted molar refractivity (Wildman–Crippen MR) is 131 cm³/mol. The Morgan fingerprint density at radius 3 is 2.64 bits per heavy atom. The van der Waals surface area contributed by atoms with E-state index in [-0.39, 0.29) is 23.8 Å². The molecule has 4 rings (SSSR count). The van der Waals surface area contributed by atoms with E-state index in [0.29, 0.717) is 40.5 Å². The summed E-state index contributed by atoms with van der Waals surface area (Å²) < 4.78 is 0. The van der Waals surface area contributed by atoms with E-state index >= 15 is 0 Å². The van der Waals surface area contributed by atoms with Crippen molar-refractivity contribution < 1.29 is 9.59 Å². The van der Waals surface area contributed by atoms with Gasteiger partial charge in [0.2, 0.25) is 17.8 Å². The van der Waals surface area contributed by atoms with Crippen LogP contribution in [0.1, 0.15) is 56.4 Å². The fourth-order valence-corrected chi connectivity index (χ4v) is 4.51. The summed E-state index contributed by atoms with van der Waals surface area (Å²) in [5.74, 6) is 0.672. The van der Waals surface area contributed by atoms with Crippen LogP contribution in [0.2, 0.25) is 5.02 Å². The van der Waals surface area contributed by atoms with Gasteiger partial charge in [0.1, 0.15) is 5.02 Å². The molecule has 2 aliphatic carbocycles. The van der Waals surface area contributed by atoms with Crippen LogP contribution < -0.4 is 21.7 Å². The molecule has 2 aliphatic rings. The van der Waals surface area contributed by atoms with E-state index in [4.69, 9.17) is 17.3 Å². The Bertz CT molecular complexity index is 1060. The number of rotatable bonds is 8. The predicted octanol–water partition coefficient (Wildman–Crippen LogP) is 4.72. The molecule has 2 fully saturated rings. The molecule has 174 valence electrons. The Morgan fingerprint density at radius 2 is 1.94 bits per heavy atom. The number of benzene rings is 1. The average Bonchev–Trinajstić information content (AvgIpc) is 2.76. The smallest absolute Gasteiger partial charge is 0.247 e. The highest BCUT2D eigenvalue weighted by Crippen LogP contribution is 2.39. The first-order valence-electron chi connectivity index (χ1n) is 11.4. The summed E-state index contributed by atoms with van der Waals surface area (Å²) in [6, 6.07) is 6.05. The van der Waals surface area contributed by atoms with Crippen molar-refractivity contribution in [1.29, 1.82) is 0 Å². The highest BCUT2D eigenvalue weighted by atomic mass is 35.5. The number of anilines is 4.